The van der Waals surface area contributed by atoms with Crippen molar-refractivity contribution in [2.45, 2.75) is 6.17 Å². The highest BCUT2D eigenvalue weighted by Crippen LogP contribution is 2.09. The lowest BCUT2D eigenvalue weighted by molar-refractivity contribution is 0.333. The molecule has 8 heavy (non-hydrogen) atoms. The summed E-state index contributed by atoms with van der Waals surface area (Å²) >= 11 is 0. The molecule has 0 spiro atoms. The van der Waals surface area contributed by atoms with E-state index in [1.807, 2.05) is 0 Å². The second kappa shape index (κ2) is 1.57. The summed E-state index contributed by atoms with van der Waals surface area (Å²) in [5, 5.41) is 3.36. The molecule has 2 aliphatic rings. The Morgan fingerprint density at radius 3 is 3.50 bits per heavy atom. The lowest BCUT2D eigenvalue weighted by Gasteiger charge is -2.11. The fourth-order valence-electron chi connectivity index (χ4n) is 1.34. The molecule has 0 aromatic carbocycles. The molecule has 0 radical (unpaired) electrons. The maximum absolute atomic E-state index is 3.36. The number of nitrogens with one attached hydrogen (secondary N) is 1. The van der Waals surface area contributed by atoms with E-state index >= 15 is 0 Å². The van der Waals surface area contributed by atoms with Gasteiger partial charge in [-0.3, -0.25) is 10.2 Å². The van der Waals surface area contributed by atoms with Crippen LogP contribution in [0.25, 0.3) is 0 Å². The first-order valence-corrected chi connectivity index (χ1v) is 3.11. The van der Waals surface area contributed by atoms with Gasteiger partial charge in [-0.05, 0) is 0 Å². The highest BCUT2D eigenvalue weighted by Gasteiger charge is 2.23. The molecule has 0 aliphatic carbocycles. The molecule has 0 aromatic heterocycles. The van der Waals surface area contributed by atoms with Crippen LogP contribution in [-0.2, 0) is 0 Å². The maximum Gasteiger partial charge on any atom is 0.0793 e. The van der Waals surface area contributed by atoms with Crippen LogP contribution in [0.4, 0.5) is 0 Å². The molecule has 2 aliphatic heterocycles. The zero-order chi connectivity index (χ0) is 5.40. The van der Waals surface area contributed by atoms with Crippen molar-refractivity contribution >= 4 is 0 Å². The van der Waals surface area contributed by atoms with Crippen molar-refractivity contribution in [3.05, 3.63) is 12.2 Å². The number of rotatable bonds is 0. The zero-order valence-electron chi connectivity index (χ0n) is 4.80. The van der Waals surface area contributed by atoms with Crippen molar-refractivity contribution in [3.63, 3.8) is 0 Å². The van der Waals surface area contributed by atoms with E-state index in [9.17, 15) is 0 Å². The Balaban J connectivity index is 2.13. The first kappa shape index (κ1) is 4.53. The quantitative estimate of drug-likeness (QED) is 0.434. The molecule has 2 heteroatoms. The van der Waals surface area contributed by atoms with Crippen LogP contribution in [0.15, 0.2) is 12.2 Å². The van der Waals surface area contributed by atoms with Gasteiger partial charge >= 0.3 is 0 Å². The summed E-state index contributed by atoms with van der Waals surface area (Å²) < 4.78 is 0. The number of fused-ring (bicyclic) bond motifs is 1. The monoisotopic (exact) mass is 110 g/mol. The molecule has 0 aromatic rings. The van der Waals surface area contributed by atoms with Crippen LogP contribution in [-0.4, -0.2) is 30.7 Å². The van der Waals surface area contributed by atoms with Gasteiger partial charge in [0.15, 0.2) is 0 Å². The molecule has 1 atom stereocenters. The highest BCUT2D eigenvalue weighted by atomic mass is 15.3. The molecule has 2 nitrogen and oxygen atoms in total. The van der Waals surface area contributed by atoms with Gasteiger partial charge in [-0.2, -0.15) is 0 Å². The Labute approximate surface area is 49.2 Å². The molecule has 1 saturated heterocycles. The smallest absolute Gasteiger partial charge is 0.0793 e. The van der Waals surface area contributed by atoms with E-state index in [1.54, 1.807) is 0 Å². The van der Waals surface area contributed by atoms with Crippen molar-refractivity contribution in [1.82, 2.24) is 10.2 Å². The summed E-state index contributed by atoms with van der Waals surface area (Å²) in [5.74, 6) is 0. The predicted molar refractivity (Wildman–Crippen MR) is 32.5 cm³/mol. The molecule has 0 amide bonds. The van der Waals surface area contributed by atoms with E-state index in [1.165, 1.54) is 6.54 Å². The van der Waals surface area contributed by atoms with Crippen LogP contribution < -0.4 is 5.32 Å². The Morgan fingerprint density at radius 1 is 1.62 bits per heavy atom. The van der Waals surface area contributed by atoms with Crippen LogP contribution in [0.3, 0.4) is 0 Å². The minimum atomic E-state index is 0.579. The standard InChI is InChI=1S/C6H10N2/c1-2-6-7-3-5-8(6)4-1/h1-2,6-7H,3-5H2. The summed E-state index contributed by atoms with van der Waals surface area (Å²) in [4.78, 5) is 2.42. The molecule has 1 fully saturated rings. The van der Waals surface area contributed by atoms with E-state index in [0.717, 1.165) is 13.1 Å². The van der Waals surface area contributed by atoms with Gasteiger partial charge in [-0.25, -0.2) is 0 Å². The van der Waals surface area contributed by atoms with E-state index in [2.05, 4.69) is 22.4 Å². The summed E-state index contributed by atoms with van der Waals surface area (Å²) in [6.45, 7) is 3.53. The minimum Gasteiger partial charge on any atom is -0.297 e. The summed E-state index contributed by atoms with van der Waals surface area (Å²) in [6, 6.07) is 0. The number of hydrogen-bond acceptors (Lipinski definition) is 2. The van der Waals surface area contributed by atoms with Crippen molar-refractivity contribution < 1.29 is 0 Å². The maximum atomic E-state index is 3.36. The van der Waals surface area contributed by atoms with Gasteiger partial charge in [-0.15, -0.1) is 0 Å². The van der Waals surface area contributed by atoms with E-state index in [0.29, 0.717) is 6.17 Å². The number of hydrogen-bond donors (Lipinski definition) is 1. The van der Waals surface area contributed by atoms with Crippen molar-refractivity contribution in [2.24, 2.45) is 0 Å². The molecule has 0 saturated carbocycles. The lowest BCUT2D eigenvalue weighted by atomic mass is 10.5. The van der Waals surface area contributed by atoms with Gasteiger partial charge in [0.25, 0.3) is 0 Å². The minimum absolute atomic E-state index is 0.579. The molecular weight excluding hydrogens is 100 g/mol. The second-order valence-electron chi connectivity index (χ2n) is 2.32. The Morgan fingerprint density at radius 2 is 2.62 bits per heavy atom. The average molecular weight is 110 g/mol. The first-order chi connectivity index (χ1) is 3.97. The van der Waals surface area contributed by atoms with Crippen LogP contribution in [0.5, 0.6) is 0 Å². The van der Waals surface area contributed by atoms with Gasteiger partial charge in [0.1, 0.15) is 0 Å². The second-order valence-corrected chi connectivity index (χ2v) is 2.32. The topological polar surface area (TPSA) is 15.3 Å². The average Bonchev–Trinajstić information content (AvgIpc) is 2.15. The SMILES string of the molecule is C1=CC2NCCN2C1. The molecule has 1 unspecified atom stereocenters. The summed E-state index contributed by atoms with van der Waals surface area (Å²) in [6.07, 6.45) is 5.03. The fourth-order valence-corrected chi connectivity index (χ4v) is 1.34. The van der Waals surface area contributed by atoms with Crippen molar-refractivity contribution in [1.29, 1.82) is 0 Å². The zero-order valence-corrected chi connectivity index (χ0v) is 4.80. The number of nitrogens with zero attached hydrogens (tertiary/aromatic N) is 1. The molecule has 44 valence electrons. The molecule has 2 rings (SSSR count). The van der Waals surface area contributed by atoms with E-state index < -0.39 is 0 Å². The van der Waals surface area contributed by atoms with Crippen molar-refractivity contribution in [3.8, 4) is 0 Å². The van der Waals surface area contributed by atoms with Gasteiger partial charge < -0.3 is 0 Å². The summed E-state index contributed by atoms with van der Waals surface area (Å²) in [5.41, 5.74) is 0. The van der Waals surface area contributed by atoms with Crippen LogP contribution in [0.1, 0.15) is 0 Å². The Kier molecular flexibility index (Phi) is 0.889. The molecular formula is C6H10N2. The molecule has 1 N–H and O–H groups in total. The van der Waals surface area contributed by atoms with Gasteiger partial charge in [-0.1, -0.05) is 12.2 Å². The lowest BCUT2D eigenvalue weighted by Crippen LogP contribution is -2.29. The van der Waals surface area contributed by atoms with Crippen molar-refractivity contribution in [2.75, 3.05) is 19.6 Å². The Hall–Kier alpha value is -0.340. The van der Waals surface area contributed by atoms with Crippen LogP contribution in [0, 0.1) is 0 Å². The van der Waals surface area contributed by atoms with Gasteiger partial charge in [0.05, 0.1) is 6.17 Å². The van der Waals surface area contributed by atoms with E-state index in [4.69, 9.17) is 0 Å². The third kappa shape index (κ3) is 0.501. The normalized spacial score (nSPS) is 36.2. The van der Waals surface area contributed by atoms with Gasteiger partial charge in [0, 0.05) is 19.6 Å². The largest absolute Gasteiger partial charge is 0.297 e. The molecule has 2 heterocycles. The van der Waals surface area contributed by atoms with Crippen LogP contribution in [0.2, 0.25) is 0 Å². The third-order valence-electron chi connectivity index (χ3n) is 1.80. The summed E-state index contributed by atoms with van der Waals surface area (Å²) in [7, 11) is 0. The first-order valence-electron chi connectivity index (χ1n) is 3.11. The molecule has 0 bridgehead atoms. The predicted octanol–water partition coefficient (Wildman–Crippen LogP) is -0.213. The highest BCUT2D eigenvalue weighted by molar-refractivity contribution is 5.05. The third-order valence-corrected chi connectivity index (χ3v) is 1.80. The fraction of sp³-hybridized carbons (Fsp3) is 0.667. The Bertz CT molecular complexity index is 120. The van der Waals surface area contributed by atoms with E-state index in [-0.39, 0.29) is 0 Å². The van der Waals surface area contributed by atoms with Gasteiger partial charge in [0.2, 0.25) is 0 Å². The van der Waals surface area contributed by atoms with Crippen LogP contribution >= 0.6 is 0 Å².